The molecule has 1 aromatic rings. The Morgan fingerprint density at radius 3 is 2.56 bits per heavy atom. The molecule has 3 rings (SSSR count). The highest BCUT2D eigenvalue weighted by Crippen LogP contribution is 2.31. The highest BCUT2D eigenvalue weighted by molar-refractivity contribution is 7.98. The number of piperidine rings is 1. The molecular formula is C19H26N2O3S. The average Bonchev–Trinajstić information content (AvgIpc) is 2.95. The van der Waals surface area contributed by atoms with Crippen molar-refractivity contribution in [2.45, 2.75) is 55.8 Å². The van der Waals surface area contributed by atoms with E-state index in [-0.39, 0.29) is 17.9 Å². The van der Waals surface area contributed by atoms with Crippen molar-refractivity contribution in [3.8, 4) is 0 Å². The molecule has 5 nitrogen and oxygen atoms in total. The van der Waals surface area contributed by atoms with E-state index >= 15 is 0 Å². The van der Waals surface area contributed by atoms with E-state index in [4.69, 9.17) is 4.74 Å². The minimum atomic E-state index is -0.553. The van der Waals surface area contributed by atoms with Crippen LogP contribution in [0.4, 0.5) is 0 Å². The number of hydrogen-bond donors (Lipinski definition) is 1. The molecule has 1 aromatic carbocycles. The van der Waals surface area contributed by atoms with E-state index in [9.17, 15) is 9.59 Å². The zero-order chi connectivity index (χ0) is 17.9. The lowest BCUT2D eigenvalue weighted by molar-refractivity contribution is -0.139. The second-order valence-corrected chi connectivity index (χ2v) is 7.61. The molecule has 0 radical (unpaired) electrons. The van der Waals surface area contributed by atoms with Gasteiger partial charge in [-0.3, -0.25) is 9.59 Å². The SMILES string of the molecule is CCC1OC2(CCN(C(=O)CCc3ccc(SC)cc3)CC2)NC1=O. The third kappa shape index (κ3) is 4.18. The zero-order valence-corrected chi connectivity index (χ0v) is 15.7. The maximum atomic E-state index is 12.5. The molecular weight excluding hydrogens is 336 g/mol. The van der Waals surface area contributed by atoms with Crippen LogP contribution in [0.25, 0.3) is 0 Å². The van der Waals surface area contributed by atoms with Gasteiger partial charge in [-0.1, -0.05) is 19.1 Å². The Balaban J connectivity index is 1.47. The van der Waals surface area contributed by atoms with E-state index in [1.54, 1.807) is 11.8 Å². The molecule has 1 atom stereocenters. The van der Waals surface area contributed by atoms with Gasteiger partial charge >= 0.3 is 0 Å². The van der Waals surface area contributed by atoms with Crippen molar-refractivity contribution in [1.82, 2.24) is 10.2 Å². The molecule has 2 fully saturated rings. The predicted molar refractivity (Wildman–Crippen MR) is 98.4 cm³/mol. The van der Waals surface area contributed by atoms with Crippen LogP contribution in [0.1, 0.15) is 38.2 Å². The maximum absolute atomic E-state index is 12.5. The number of nitrogens with zero attached hydrogens (tertiary/aromatic N) is 1. The smallest absolute Gasteiger partial charge is 0.251 e. The van der Waals surface area contributed by atoms with Crippen LogP contribution in [-0.2, 0) is 20.7 Å². The quantitative estimate of drug-likeness (QED) is 0.818. The van der Waals surface area contributed by atoms with Gasteiger partial charge in [-0.05, 0) is 36.8 Å². The molecule has 25 heavy (non-hydrogen) atoms. The van der Waals surface area contributed by atoms with Crippen LogP contribution in [0.5, 0.6) is 0 Å². The summed E-state index contributed by atoms with van der Waals surface area (Å²) in [6.45, 7) is 3.23. The van der Waals surface area contributed by atoms with Crippen LogP contribution in [0.3, 0.4) is 0 Å². The third-order valence-corrected chi connectivity index (χ3v) is 5.84. The van der Waals surface area contributed by atoms with Crippen molar-refractivity contribution in [1.29, 1.82) is 0 Å². The molecule has 1 N–H and O–H groups in total. The molecule has 0 aliphatic carbocycles. The highest BCUT2D eigenvalue weighted by atomic mass is 32.2. The van der Waals surface area contributed by atoms with Gasteiger partial charge in [0.2, 0.25) is 5.91 Å². The lowest BCUT2D eigenvalue weighted by atomic mass is 10.00. The molecule has 0 bridgehead atoms. The summed E-state index contributed by atoms with van der Waals surface area (Å²) in [7, 11) is 0. The fourth-order valence-corrected chi connectivity index (χ4v) is 3.90. The number of carbonyl (C=O) groups excluding carboxylic acids is 2. The number of carbonyl (C=O) groups is 2. The summed E-state index contributed by atoms with van der Waals surface area (Å²) in [5.74, 6) is 0.163. The summed E-state index contributed by atoms with van der Waals surface area (Å²) in [5, 5.41) is 3.00. The molecule has 2 aliphatic rings. The van der Waals surface area contributed by atoms with Crippen LogP contribution in [0.2, 0.25) is 0 Å². The van der Waals surface area contributed by atoms with E-state index < -0.39 is 5.72 Å². The number of likely N-dealkylation sites (tertiary alicyclic amines) is 1. The first kappa shape index (κ1) is 18.3. The summed E-state index contributed by atoms with van der Waals surface area (Å²) >= 11 is 1.72. The first-order chi connectivity index (χ1) is 12.0. The molecule has 1 spiro atoms. The van der Waals surface area contributed by atoms with Crippen molar-refractivity contribution in [2.24, 2.45) is 0 Å². The Bertz CT molecular complexity index is 624. The molecule has 2 aliphatic heterocycles. The van der Waals surface area contributed by atoms with Crippen molar-refractivity contribution < 1.29 is 14.3 Å². The summed E-state index contributed by atoms with van der Waals surface area (Å²) in [5.41, 5.74) is 0.638. The topological polar surface area (TPSA) is 58.6 Å². The number of amides is 2. The van der Waals surface area contributed by atoms with Crippen molar-refractivity contribution in [3.63, 3.8) is 0 Å². The van der Waals surface area contributed by atoms with Gasteiger partial charge in [0.05, 0.1) is 0 Å². The van der Waals surface area contributed by atoms with E-state index in [1.165, 1.54) is 10.5 Å². The molecule has 0 aromatic heterocycles. The lowest BCUT2D eigenvalue weighted by Gasteiger charge is -2.38. The van der Waals surface area contributed by atoms with E-state index in [0.29, 0.717) is 38.8 Å². The largest absolute Gasteiger partial charge is 0.343 e. The van der Waals surface area contributed by atoms with Gasteiger partial charge in [-0.2, -0.15) is 0 Å². The first-order valence-electron chi connectivity index (χ1n) is 8.96. The maximum Gasteiger partial charge on any atom is 0.251 e. The van der Waals surface area contributed by atoms with Crippen LogP contribution in [0, 0.1) is 0 Å². The molecule has 2 saturated heterocycles. The number of aryl methyl sites for hydroxylation is 1. The monoisotopic (exact) mass is 362 g/mol. The Labute approximate surface area is 153 Å². The highest BCUT2D eigenvalue weighted by Gasteiger charge is 2.46. The standard InChI is InChI=1S/C19H26N2O3S/c1-3-16-18(23)20-19(24-16)10-12-21(13-11-19)17(22)9-6-14-4-7-15(25-2)8-5-14/h4-5,7-8,16H,3,6,9-13H2,1-2H3,(H,20,23). The number of ether oxygens (including phenoxy) is 1. The minimum absolute atomic E-state index is 0.0176. The number of thioether (sulfide) groups is 1. The van der Waals surface area contributed by atoms with E-state index in [0.717, 1.165) is 6.42 Å². The van der Waals surface area contributed by atoms with Gasteiger partial charge in [-0.25, -0.2) is 0 Å². The fraction of sp³-hybridized carbons (Fsp3) is 0.579. The number of nitrogens with one attached hydrogen (secondary N) is 1. The van der Waals surface area contributed by atoms with Gasteiger partial charge < -0.3 is 15.0 Å². The van der Waals surface area contributed by atoms with Crippen LogP contribution in [0.15, 0.2) is 29.2 Å². The molecule has 0 saturated carbocycles. The van der Waals surface area contributed by atoms with Crippen LogP contribution < -0.4 is 5.32 Å². The average molecular weight is 362 g/mol. The summed E-state index contributed by atoms with van der Waals surface area (Å²) < 4.78 is 5.93. The van der Waals surface area contributed by atoms with Crippen molar-refractivity contribution in [3.05, 3.63) is 29.8 Å². The molecule has 2 heterocycles. The minimum Gasteiger partial charge on any atom is -0.343 e. The van der Waals surface area contributed by atoms with Crippen molar-refractivity contribution >= 4 is 23.6 Å². The van der Waals surface area contributed by atoms with Gasteiger partial charge in [-0.15, -0.1) is 11.8 Å². The Hall–Kier alpha value is -1.53. The van der Waals surface area contributed by atoms with E-state index in [1.807, 2.05) is 11.8 Å². The Morgan fingerprint density at radius 1 is 1.32 bits per heavy atom. The normalized spacial score (nSPS) is 22.2. The summed E-state index contributed by atoms with van der Waals surface area (Å²) in [6, 6.07) is 8.38. The second-order valence-electron chi connectivity index (χ2n) is 6.73. The first-order valence-corrected chi connectivity index (χ1v) is 10.2. The molecule has 136 valence electrons. The fourth-order valence-electron chi connectivity index (χ4n) is 3.49. The van der Waals surface area contributed by atoms with Crippen molar-refractivity contribution in [2.75, 3.05) is 19.3 Å². The number of rotatable bonds is 5. The van der Waals surface area contributed by atoms with E-state index in [2.05, 4.69) is 35.8 Å². The van der Waals surface area contributed by atoms with Gasteiger partial charge in [0.1, 0.15) is 11.8 Å². The Kier molecular flexibility index (Phi) is 5.69. The van der Waals surface area contributed by atoms with Gasteiger partial charge in [0, 0.05) is 37.2 Å². The summed E-state index contributed by atoms with van der Waals surface area (Å²) in [6.07, 6.45) is 5.03. The zero-order valence-electron chi connectivity index (χ0n) is 14.9. The van der Waals surface area contributed by atoms with Crippen LogP contribution in [-0.4, -0.2) is 47.9 Å². The predicted octanol–water partition coefficient (Wildman–Crippen LogP) is 2.58. The van der Waals surface area contributed by atoms with Crippen LogP contribution >= 0.6 is 11.8 Å². The number of benzene rings is 1. The van der Waals surface area contributed by atoms with Gasteiger partial charge in [0.25, 0.3) is 5.91 Å². The van der Waals surface area contributed by atoms with Gasteiger partial charge in [0.15, 0.2) is 0 Å². The summed E-state index contributed by atoms with van der Waals surface area (Å²) in [4.78, 5) is 27.5. The lowest BCUT2D eigenvalue weighted by Crippen LogP contribution is -2.53. The molecule has 2 amide bonds. The number of hydrogen-bond acceptors (Lipinski definition) is 4. The Morgan fingerprint density at radius 2 is 2.00 bits per heavy atom. The third-order valence-electron chi connectivity index (χ3n) is 5.09. The second kappa shape index (κ2) is 7.79. The molecule has 1 unspecified atom stereocenters. The molecule has 6 heteroatoms.